The highest BCUT2D eigenvalue weighted by atomic mass is 35.5. The van der Waals surface area contributed by atoms with Crippen LogP contribution in [0, 0.1) is 6.92 Å². The zero-order valence-electron chi connectivity index (χ0n) is 13.1. The topological polar surface area (TPSA) is 29.9 Å². The fraction of sp³-hybridized carbons (Fsp3) is 0.471. The monoisotopic (exact) mass is 305 g/mol. The van der Waals surface area contributed by atoms with Crippen molar-refractivity contribution in [2.45, 2.75) is 46.2 Å². The first-order valence-corrected chi connectivity index (χ1v) is 8.04. The van der Waals surface area contributed by atoms with Gasteiger partial charge < -0.3 is 5.32 Å². The molecular formula is C17H24ClN3. The first-order valence-electron chi connectivity index (χ1n) is 7.66. The molecule has 2 aromatic rings. The van der Waals surface area contributed by atoms with E-state index in [0.717, 1.165) is 36.6 Å². The van der Waals surface area contributed by atoms with Crippen molar-refractivity contribution in [1.29, 1.82) is 0 Å². The first kappa shape index (κ1) is 16.1. The van der Waals surface area contributed by atoms with Gasteiger partial charge in [0.05, 0.1) is 23.0 Å². The molecule has 1 aromatic heterocycles. The highest BCUT2D eigenvalue weighted by Gasteiger charge is 2.20. The van der Waals surface area contributed by atoms with E-state index >= 15 is 0 Å². The number of nitrogens with one attached hydrogen (secondary N) is 1. The largest absolute Gasteiger partial charge is 0.309 e. The Balaban J connectivity index is 2.31. The molecule has 0 aliphatic carbocycles. The number of hydrogen-bond donors (Lipinski definition) is 1. The van der Waals surface area contributed by atoms with Gasteiger partial charge in [-0.25, -0.2) is 0 Å². The summed E-state index contributed by atoms with van der Waals surface area (Å²) in [6, 6.07) is 8.71. The van der Waals surface area contributed by atoms with Gasteiger partial charge in [0.2, 0.25) is 0 Å². The number of aromatic nitrogens is 2. The van der Waals surface area contributed by atoms with Gasteiger partial charge in [0, 0.05) is 6.54 Å². The van der Waals surface area contributed by atoms with Gasteiger partial charge in [0.1, 0.15) is 0 Å². The molecule has 0 fully saturated rings. The molecule has 0 bridgehead atoms. The van der Waals surface area contributed by atoms with Gasteiger partial charge in [0.15, 0.2) is 0 Å². The van der Waals surface area contributed by atoms with Crippen LogP contribution in [0.3, 0.4) is 0 Å². The van der Waals surface area contributed by atoms with Crippen molar-refractivity contribution in [3.05, 3.63) is 52.3 Å². The number of aryl methyl sites for hydroxylation is 2. The minimum atomic E-state index is 0.192. The standard InChI is InChI=1S/C17H24ClN3/c1-4-10-21-17(15(18)12-20-21)16(19-5-2)11-14-9-7-6-8-13(14)3/h6-9,12,16,19H,4-5,10-11H2,1-3H3. The van der Waals surface area contributed by atoms with E-state index in [2.05, 4.69) is 55.5 Å². The zero-order valence-corrected chi connectivity index (χ0v) is 13.8. The second-order valence-corrected chi connectivity index (χ2v) is 5.75. The van der Waals surface area contributed by atoms with Crippen molar-refractivity contribution >= 4 is 11.6 Å². The van der Waals surface area contributed by atoms with Gasteiger partial charge in [-0.05, 0) is 37.4 Å². The maximum absolute atomic E-state index is 6.39. The van der Waals surface area contributed by atoms with E-state index in [0.29, 0.717) is 0 Å². The van der Waals surface area contributed by atoms with Crippen LogP contribution in [0.2, 0.25) is 5.02 Å². The predicted molar refractivity (Wildman–Crippen MR) is 88.8 cm³/mol. The molecule has 0 radical (unpaired) electrons. The minimum absolute atomic E-state index is 0.192. The van der Waals surface area contributed by atoms with Crippen LogP contribution in [-0.2, 0) is 13.0 Å². The highest BCUT2D eigenvalue weighted by Crippen LogP contribution is 2.27. The van der Waals surface area contributed by atoms with Gasteiger partial charge in [-0.15, -0.1) is 0 Å². The maximum Gasteiger partial charge on any atom is 0.0834 e. The lowest BCUT2D eigenvalue weighted by Gasteiger charge is -2.21. The van der Waals surface area contributed by atoms with E-state index in [9.17, 15) is 0 Å². The fourth-order valence-electron chi connectivity index (χ4n) is 2.68. The lowest BCUT2D eigenvalue weighted by atomic mass is 9.99. The second kappa shape index (κ2) is 7.62. The van der Waals surface area contributed by atoms with Crippen LogP contribution in [0.4, 0.5) is 0 Å². The number of halogens is 1. The number of nitrogens with zero attached hydrogens (tertiary/aromatic N) is 2. The minimum Gasteiger partial charge on any atom is -0.309 e. The van der Waals surface area contributed by atoms with Crippen molar-refractivity contribution in [3.8, 4) is 0 Å². The van der Waals surface area contributed by atoms with Crippen LogP contribution in [0.15, 0.2) is 30.5 Å². The molecule has 4 heteroatoms. The summed E-state index contributed by atoms with van der Waals surface area (Å²) in [5.41, 5.74) is 3.77. The Bertz CT molecular complexity index is 577. The van der Waals surface area contributed by atoms with E-state index in [-0.39, 0.29) is 6.04 Å². The third-order valence-electron chi connectivity index (χ3n) is 3.73. The van der Waals surface area contributed by atoms with Crippen molar-refractivity contribution in [1.82, 2.24) is 15.1 Å². The summed E-state index contributed by atoms with van der Waals surface area (Å²) in [6.07, 6.45) is 3.73. The van der Waals surface area contributed by atoms with Crippen LogP contribution >= 0.6 is 11.6 Å². The zero-order chi connectivity index (χ0) is 15.2. The molecule has 3 nitrogen and oxygen atoms in total. The average molecular weight is 306 g/mol. The molecule has 0 spiro atoms. The molecule has 0 aliphatic rings. The number of rotatable bonds is 7. The van der Waals surface area contributed by atoms with Crippen LogP contribution < -0.4 is 5.32 Å². The van der Waals surface area contributed by atoms with Gasteiger partial charge >= 0.3 is 0 Å². The molecule has 0 aliphatic heterocycles. The third-order valence-corrected chi connectivity index (χ3v) is 4.03. The number of hydrogen-bond acceptors (Lipinski definition) is 2. The molecule has 0 saturated carbocycles. The SMILES string of the molecule is CCCn1ncc(Cl)c1C(Cc1ccccc1C)NCC. The number of likely N-dealkylation sites (N-methyl/N-ethyl adjacent to an activating group) is 1. The molecule has 1 heterocycles. The van der Waals surface area contributed by atoms with Crippen LogP contribution in [0.25, 0.3) is 0 Å². The van der Waals surface area contributed by atoms with Crippen LogP contribution in [0.1, 0.15) is 43.1 Å². The Morgan fingerprint density at radius 3 is 2.71 bits per heavy atom. The van der Waals surface area contributed by atoms with Crippen LogP contribution in [0.5, 0.6) is 0 Å². The predicted octanol–water partition coefficient (Wildman–Crippen LogP) is 4.15. The molecule has 2 rings (SSSR count). The van der Waals surface area contributed by atoms with Crippen molar-refractivity contribution in [2.24, 2.45) is 0 Å². The Hall–Kier alpha value is -1.32. The van der Waals surface area contributed by atoms with E-state index in [4.69, 9.17) is 11.6 Å². The number of benzene rings is 1. The molecule has 1 atom stereocenters. The summed E-state index contributed by atoms with van der Waals surface area (Å²) in [6.45, 7) is 8.24. The summed E-state index contributed by atoms with van der Waals surface area (Å²) in [5.74, 6) is 0. The quantitative estimate of drug-likeness (QED) is 0.833. The Morgan fingerprint density at radius 1 is 1.29 bits per heavy atom. The van der Waals surface area contributed by atoms with Crippen molar-refractivity contribution < 1.29 is 0 Å². The Morgan fingerprint density at radius 2 is 2.05 bits per heavy atom. The van der Waals surface area contributed by atoms with Gasteiger partial charge in [-0.3, -0.25) is 4.68 Å². The van der Waals surface area contributed by atoms with Gasteiger partial charge in [-0.1, -0.05) is 49.7 Å². The summed E-state index contributed by atoms with van der Waals surface area (Å²) >= 11 is 6.39. The summed E-state index contributed by atoms with van der Waals surface area (Å²) in [4.78, 5) is 0. The Labute approximate surface area is 132 Å². The third kappa shape index (κ3) is 3.86. The molecule has 0 saturated heterocycles. The summed E-state index contributed by atoms with van der Waals surface area (Å²) in [5, 5.41) is 8.73. The summed E-state index contributed by atoms with van der Waals surface area (Å²) < 4.78 is 2.04. The van der Waals surface area contributed by atoms with E-state index in [1.54, 1.807) is 6.20 Å². The Kier molecular flexibility index (Phi) is 5.83. The lowest BCUT2D eigenvalue weighted by molar-refractivity contribution is 0.477. The fourth-order valence-corrected chi connectivity index (χ4v) is 2.95. The van der Waals surface area contributed by atoms with Gasteiger partial charge in [-0.2, -0.15) is 5.10 Å². The molecular weight excluding hydrogens is 282 g/mol. The van der Waals surface area contributed by atoms with E-state index in [1.807, 2.05) is 4.68 Å². The van der Waals surface area contributed by atoms with Gasteiger partial charge in [0.25, 0.3) is 0 Å². The first-order chi connectivity index (χ1) is 10.2. The van der Waals surface area contributed by atoms with Crippen LogP contribution in [-0.4, -0.2) is 16.3 Å². The molecule has 1 N–H and O–H groups in total. The summed E-state index contributed by atoms with van der Waals surface area (Å²) in [7, 11) is 0. The highest BCUT2D eigenvalue weighted by molar-refractivity contribution is 6.31. The van der Waals surface area contributed by atoms with E-state index < -0.39 is 0 Å². The molecule has 114 valence electrons. The molecule has 21 heavy (non-hydrogen) atoms. The molecule has 1 unspecified atom stereocenters. The maximum atomic E-state index is 6.39. The second-order valence-electron chi connectivity index (χ2n) is 5.34. The average Bonchev–Trinajstić information content (AvgIpc) is 2.82. The smallest absolute Gasteiger partial charge is 0.0834 e. The molecule has 0 amide bonds. The molecule has 1 aromatic carbocycles. The normalized spacial score (nSPS) is 12.6. The lowest BCUT2D eigenvalue weighted by Crippen LogP contribution is -2.26. The van der Waals surface area contributed by atoms with Crippen molar-refractivity contribution in [3.63, 3.8) is 0 Å². The van der Waals surface area contributed by atoms with E-state index in [1.165, 1.54) is 11.1 Å². The van der Waals surface area contributed by atoms with Crippen molar-refractivity contribution in [2.75, 3.05) is 6.54 Å².